The van der Waals surface area contributed by atoms with Crippen molar-refractivity contribution in [3.63, 3.8) is 0 Å². The average molecular weight is 1420 g/mol. The number of aromatic nitrogens is 2. The fourth-order valence-corrected chi connectivity index (χ4v) is 14.8. The third-order valence-electron chi connectivity index (χ3n) is 22.0. The van der Waals surface area contributed by atoms with Gasteiger partial charge in [-0.3, -0.25) is 0 Å². The Morgan fingerprint density at radius 1 is 0.314 bits per heavy atom. The highest BCUT2D eigenvalue weighted by Gasteiger charge is 2.64. The first-order valence-corrected chi connectivity index (χ1v) is 36.8. The van der Waals surface area contributed by atoms with Crippen LogP contribution in [0.25, 0.3) is 121 Å². The minimum atomic E-state index is -5.86. The van der Waals surface area contributed by atoms with Crippen LogP contribution in [0.1, 0.15) is 83.1 Å². The Morgan fingerprint density at radius 3 is 0.990 bits per heavy atom. The molecule has 3 aliphatic rings. The van der Waals surface area contributed by atoms with E-state index >= 15 is 0 Å². The van der Waals surface area contributed by atoms with Crippen LogP contribution in [0.15, 0.2) is 267 Å². The molecule has 0 N–H and O–H groups in total. The second kappa shape index (κ2) is 26.4. The molecule has 0 saturated carbocycles. The Balaban J connectivity index is 0.000000137. The van der Waals surface area contributed by atoms with E-state index < -0.39 is 53.7 Å². The van der Waals surface area contributed by atoms with Gasteiger partial charge in [-0.05, 0) is 193 Å². The number of hydrogen-bond acceptors (Lipinski definition) is 9. The second-order valence-corrected chi connectivity index (χ2v) is 31.7. The number of nitrogens with zero attached hydrogens (tertiary/aromatic N) is 2. The number of fused-ring (bicyclic) bond motifs is 8. The molecule has 0 spiro atoms. The van der Waals surface area contributed by atoms with Gasteiger partial charge in [0.2, 0.25) is 0 Å². The molecule has 105 heavy (non-hydrogen) atoms. The summed E-state index contributed by atoms with van der Waals surface area (Å²) >= 11 is 0. The summed E-state index contributed by atoms with van der Waals surface area (Å²) in [5, 5.41) is 9.16. The van der Waals surface area contributed by atoms with Gasteiger partial charge in [-0.15, -0.1) is 0 Å². The Labute approximate surface area is 611 Å². The molecule has 3 aliphatic heterocycles. The standard InChI is InChI=1S/C40H34BNO2.C35H22F3NO3S.C12H24B2O4/c1-39(2)40(3,4)44-41(43-39)35-24-22-28(26-34(35)27-14-6-5-7-15-27)29-23-25-38(31-17-9-8-16-30(29)31)42-36-20-12-10-18-32(36)33-19-11-13-21-37(33)42;36-35(37,38)43(40,41)42-34-21-18-24(22-30(34)23-10-2-1-3-11-23)25-19-20-33(27-13-5-4-12-26(25)27)39-31-16-8-6-14-28(31)29-15-7-9-17-32(29)39;1-9(2)10(3,4)16-13(15-9)14-17-11(5,6)12(7,8)18-14/h5-26H,1-4H3;1-22H;1-8H3. The lowest BCUT2D eigenvalue weighted by atomic mass is 9.49. The number of benzene rings is 12. The highest BCUT2D eigenvalue weighted by molar-refractivity contribution is 7.88. The van der Waals surface area contributed by atoms with Crippen LogP contribution in [0.4, 0.5) is 13.2 Å². The number of rotatable bonds is 10. The number of hydrogen-bond donors (Lipinski definition) is 0. The van der Waals surface area contributed by atoms with Crippen molar-refractivity contribution < 1.29 is 53.7 Å². The Kier molecular flexibility index (Phi) is 17.8. The lowest BCUT2D eigenvalue weighted by Gasteiger charge is -2.32. The molecule has 5 heterocycles. The van der Waals surface area contributed by atoms with E-state index in [0.717, 1.165) is 66.0 Å². The fourth-order valence-electron chi connectivity index (χ4n) is 14.4. The van der Waals surface area contributed by atoms with Gasteiger partial charge in [-0.2, -0.15) is 21.6 Å². The first-order valence-electron chi connectivity index (χ1n) is 35.4. The van der Waals surface area contributed by atoms with Gasteiger partial charge in [-0.25, -0.2) is 0 Å². The maximum absolute atomic E-state index is 13.2. The smallest absolute Gasteiger partial charge is 0.405 e. The van der Waals surface area contributed by atoms with Gasteiger partial charge in [0, 0.05) is 37.9 Å². The summed E-state index contributed by atoms with van der Waals surface area (Å²) < 4.78 is 110. The Bertz CT molecular complexity index is 5610. The van der Waals surface area contributed by atoms with Crippen LogP contribution < -0.4 is 9.65 Å². The zero-order valence-corrected chi connectivity index (χ0v) is 61.6. The van der Waals surface area contributed by atoms with Gasteiger partial charge in [-0.1, -0.05) is 212 Å². The fraction of sp³-hybridized carbons (Fsp3) is 0.218. The number of halogens is 3. The van der Waals surface area contributed by atoms with Crippen LogP contribution >= 0.6 is 0 Å². The minimum Gasteiger partial charge on any atom is -0.405 e. The first-order chi connectivity index (χ1) is 49.9. The van der Waals surface area contributed by atoms with Crippen molar-refractivity contribution in [3.8, 4) is 61.6 Å². The molecule has 3 saturated heterocycles. The predicted octanol–water partition coefficient (Wildman–Crippen LogP) is 21.3. The molecule has 0 amide bonds. The van der Waals surface area contributed by atoms with Crippen LogP contribution in [-0.4, -0.2) is 77.8 Å². The average Bonchev–Trinajstić information content (AvgIpc) is 1.64. The zero-order chi connectivity index (χ0) is 73.8. The van der Waals surface area contributed by atoms with Crippen molar-refractivity contribution >= 4 is 102 Å². The van der Waals surface area contributed by atoms with Crippen LogP contribution in [0.3, 0.4) is 0 Å². The third kappa shape index (κ3) is 12.7. The molecular formula is C87H80B3F3N2O9S. The molecule has 0 unspecified atom stereocenters. The monoisotopic (exact) mass is 1420 g/mol. The van der Waals surface area contributed by atoms with Crippen molar-refractivity contribution in [1.82, 2.24) is 9.13 Å². The summed E-state index contributed by atoms with van der Waals surface area (Å²) in [6.45, 7) is 24.6. The van der Waals surface area contributed by atoms with Crippen LogP contribution in [0, 0.1) is 0 Å². The molecule has 14 aromatic rings. The second-order valence-electron chi connectivity index (χ2n) is 30.2. The Morgan fingerprint density at radius 2 is 0.619 bits per heavy atom. The molecule has 2 aromatic heterocycles. The van der Waals surface area contributed by atoms with E-state index in [-0.39, 0.29) is 28.0 Å². The minimum absolute atomic E-state index is 0.224. The third-order valence-corrected chi connectivity index (χ3v) is 23.0. The van der Waals surface area contributed by atoms with E-state index in [0.29, 0.717) is 11.1 Å². The van der Waals surface area contributed by atoms with E-state index in [1.807, 2.05) is 116 Å². The summed E-state index contributed by atoms with van der Waals surface area (Å²) in [5.41, 5.74) is 6.84. The zero-order valence-electron chi connectivity index (χ0n) is 60.7. The van der Waals surface area contributed by atoms with Crippen LogP contribution in [0.5, 0.6) is 5.75 Å². The molecular weight excluding hydrogens is 1340 g/mol. The van der Waals surface area contributed by atoms with Crippen molar-refractivity contribution in [2.75, 3.05) is 0 Å². The van der Waals surface area contributed by atoms with E-state index in [2.05, 4.69) is 199 Å². The van der Waals surface area contributed by atoms with Gasteiger partial charge >= 0.3 is 36.8 Å². The van der Waals surface area contributed by atoms with Gasteiger partial charge in [0.05, 0.1) is 67.0 Å². The van der Waals surface area contributed by atoms with Crippen LogP contribution in [-0.2, 0) is 38.0 Å². The van der Waals surface area contributed by atoms with Gasteiger partial charge in [0.1, 0.15) is 0 Å². The van der Waals surface area contributed by atoms with Crippen molar-refractivity contribution in [2.45, 2.75) is 122 Å². The van der Waals surface area contributed by atoms with E-state index in [1.165, 1.54) is 49.9 Å². The van der Waals surface area contributed by atoms with E-state index in [9.17, 15) is 21.6 Å². The molecule has 17 rings (SSSR count). The summed E-state index contributed by atoms with van der Waals surface area (Å²) in [6, 6.07) is 89.6. The molecule has 3 fully saturated rings. The normalized spacial score (nSPS) is 17.2. The SMILES string of the molecule is CC1(C)OB(B2OC(C)(C)C(C)(C)O2)OC1(C)C.CC1(C)OB(c2ccc(-c3ccc(-n4c5ccccc5c5ccccc54)c4ccccc34)cc2-c2ccccc2)OC1(C)C.O=S(=O)(Oc1ccc(-c2ccc(-n3c4ccccc4c4ccccc43)c3ccccc23)cc1-c1ccccc1)C(F)(F)F. The van der Waals surface area contributed by atoms with Gasteiger partial charge < -0.3 is 41.2 Å². The highest BCUT2D eigenvalue weighted by atomic mass is 32.2. The molecule has 0 radical (unpaired) electrons. The van der Waals surface area contributed by atoms with E-state index in [4.69, 9.17) is 27.9 Å². The Hall–Kier alpha value is -9.75. The predicted molar refractivity (Wildman–Crippen MR) is 422 cm³/mol. The molecule has 0 atom stereocenters. The lowest BCUT2D eigenvalue weighted by Crippen LogP contribution is -2.41. The highest BCUT2D eigenvalue weighted by Crippen LogP contribution is 2.47. The van der Waals surface area contributed by atoms with Crippen molar-refractivity contribution in [3.05, 3.63) is 267 Å². The summed E-state index contributed by atoms with van der Waals surface area (Å²) in [5.74, 6) is -0.404. The maximum Gasteiger partial charge on any atom is 0.534 e. The molecule has 528 valence electrons. The summed E-state index contributed by atoms with van der Waals surface area (Å²) in [6.07, 6.45) is 0. The van der Waals surface area contributed by atoms with Crippen molar-refractivity contribution in [1.29, 1.82) is 0 Å². The first kappa shape index (κ1) is 70.9. The number of para-hydroxylation sites is 4. The molecule has 18 heteroatoms. The molecule has 12 aromatic carbocycles. The quantitative estimate of drug-likeness (QED) is 0.0751. The largest absolute Gasteiger partial charge is 0.534 e. The molecule has 0 aliphatic carbocycles. The number of alkyl halides is 3. The maximum atomic E-state index is 13.2. The summed E-state index contributed by atoms with van der Waals surface area (Å²) in [7, 11) is -7.26. The summed E-state index contributed by atoms with van der Waals surface area (Å²) in [4.78, 5) is 0. The topological polar surface area (TPSA) is 109 Å². The van der Waals surface area contributed by atoms with Gasteiger partial charge in [0.15, 0.2) is 5.75 Å². The van der Waals surface area contributed by atoms with Crippen LogP contribution in [0.2, 0.25) is 0 Å². The van der Waals surface area contributed by atoms with E-state index in [1.54, 1.807) is 42.5 Å². The molecule has 11 nitrogen and oxygen atoms in total. The van der Waals surface area contributed by atoms with Crippen molar-refractivity contribution in [2.24, 2.45) is 0 Å². The molecule has 0 bridgehead atoms. The lowest BCUT2D eigenvalue weighted by molar-refractivity contribution is -0.0499. The van der Waals surface area contributed by atoms with Gasteiger partial charge in [0.25, 0.3) is 0 Å².